The van der Waals surface area contributed by atoms with E-state index in [1.807, 2.05) is 65.2 Å². The number of methoxy groups -OCH3 is 1. The van der Waals surface area contributed by atoms with Crippen LogP contribution in [0.3, 0.4) is 0 Å². The van der Waals surface area contributed by atoms with Crippen LogP contribution < -0.4 is 14.7 Å². The van der Waals surface area contributed by atoms with Gasteiger partial charge in [-0.25, -0.2) is 5.43 Å². The third kappa shape index (κ3) is 5.44. The van der Waals surface area contributed by atoms with Crippen molar-refractivity contribution in [2.45, 2.75) is 12.1 Å². The number of hydrogen-bond acceptors (Lipinski definition) is 6. The molecule has 1 heterocycles. The molecule has 172 valence electrons. The fraction of sp³-hybridized carbons (Fsp3) is 0.120. The fourth-order valence-corrected chi connectivity index (χ4v) is 4.02. The first-order valence-electron chi connectivity index (χ1n) is 10.5. The highest BCUT2D eigenvalue weighted by atomic mass is 32.2. The van der Waals surface area contributed by atoms with Gasteiger partial charge in [-0.15, -0.1) is 5.10 Å². The molecule has 0 unspecified atom stereocenters. The van der Waals surface area contributed by atoms with E-state index in [0.717, 1.165) is 28.4 Å². The summed E-state index contributed by atoms with van der Waals surface area (Å²) in [4.78, 5) is 12.5. The Balaban J connectivity index is 1.52. The minimum atomic E-state index is -0.266. The standard InChI is InChI=1S/C25H23N5O3S/c1-17(19-7-6-10-21(31)15-19)26-27-23(32)16-34-25-29-28-24(18-11-13-22(33-2)14-12-18)30(25)20-8-4-3-5-9-20/h3-15H,16H2,1-2H3,(H2,27,31,32)/p+1/b26-17-. The fourth-order valence-electron chi connectivity index (χ4n) is 3.26. The Labute approximate surface area is 201 Å². The summed E-state index contributed by atoms with van der Waals surface area (Å²) in [6, 6.07) is 24.2. The number of phenols is 1. The van der Waals surface area contributed by atoms with Gasteiger partial charge >= 0.3 is 5.16 Å². The van der Waals surface area contributed by atoms with Crippen LogP contribution >= 0.6 is 11.8 Å². The monoisotopic (exact) mass is 474 g/mol. The van der Waals surface area contributed by atoms with E-state index in [2.05, 4.69) is 20.7 Å². The molecule has 0 radical (unpaired) electrons. The van der Waals surface area contributed by atoms with Gasteiger partial charge in [0.2, 0.25) is 0 Å². The van der Waals surface area contributed by atoms with E-state index in [1.165, 1.54) is 11.8 Å². The van der Waals surface area contributed by atoms with Gasteiger partial charge in [-0.05, 0) is 67.2 Å². The smallest absolute Gasteiger partial charge is 0.342 e. The summed E-state index contributed by atoms with van der Waals surface area (Å²) in [5, 5.41) is 22.0. The Bertz CT molecular complexity index is 1300. The third-order valence-corrected chi connectivity index (χ3v) is 5.93. The maximum atomic E-state index is 12.5. The number of aromatic hydroxyl groups is 1. The number of nitrogens with zero attached hydrogens (tertiary/aromatic N) is 3. The summed E-state index contributed by atoms with van der Waals surface area (Å²) >= 11 is 1.30. The molecule has 1 aromatic heterocycles. The second-order valence-electron chi connectivity index (χ2n) is 7.33. The van der Waals surface area contributed by atoms with Crippen LogP contribution in [0.15, 0.2) is 89.1 Å². The second-order valence-corrected chi connectivity index (χ2v) is 8.27. The van der Waals surface area contributed by atoms with Crippen LogP contribution in [0.4, 0.5) is 0 Å². The number of thioether (sulfide) groups is 1. The average Bonchev–Trinajstić information content (AvgIpc) is 3.30. The first-order chi connectivity index (χ1) is 16.5. The van der Waals surface area contributed by atoms with E-state index in [1.54, 1.807) is 32.2 Å². The number of carbonyl (C=O) groups is 1. The largest absolute Gasteiger partial charge is 0.508 e. The molecule has 0 spiro atoms. The number of benzene rings is 3. The van der Waals surface area contributed by atoms with Crippen molar-refractivity contribution in [3.05, 3.63) is 84.4 Å². The Hall–Kier alpha value is -4.11. The van der Waals surface area contributed by atoms with E-state index >= 15 is 0 Å². The number of nitrogens with one attached hydrogen (secondary N) is 2. The summed E-state index contributed by atoms with van der Waals surface area (Å²) in [5.41, 5.74) is 5.74. The number of carbonyl (C=O) groups excluding carboxylic acids is 1. The maximum Gasteiger partial charge on any atom is 0.342 e. The third-order valence-electron chi connectivity index (χ3n) is 4.99. The molecule has 1 amide bonds. The van der Waals surface area contributed by atoms with Crippen molar-refractivity contribution in [2.24, 2.45) is 5.10 Å². The van der Waals surface area contributed by atoms with Gasteiger partial charge in [-0.2, -0.15) is 9.67 Å². The van der Waals surface area contributed by atoms with Crippen LogP contribution in [0, 0.1) is 0 Å². The first-order valence-corrected chi connectivity index (χ1v) is 11.5. The molecule has 0 atom stereocenters. The summed E-state index contributed by atoms with van der Waals surface area (Å²) in [7, 11) is 1.63. The minimum absolute atomic E-state index is 0.122. The molecule has 0 bridgehead atoms. The predicted molar refractivity (Wildman–Crippen MR) is 131 cm³/mol. The lowest BCUT2D eigenvalue weighted by molar-refractivity contribution is -0.625. The number of phenolic OH excluding ortho intramolecular Hbond substituents is 1. The van der Waals surface area contributed by atoms with Gasteiger partial charge in [-0.1, -0.05) is 30.3 Å². The molecule has 3 aromatic carbocycles. The summed E-state index contributed by atoms with van der Waals surface area (Å²) < 4.78 is 7.23. The molecular formula is C25H24N5O3S+. The molecule has 9 heteroatoms. The quantitative estimate of drug-likeness (QED) is 0.156. The second kappa shape index (κ2) is 10.7. The van der Waals surface area contributed by atoms with Crippen molar-refractivity contribution >= 4 is 23.4 Å². The first kappa shape index (κ1) is 23.1. The van der Waals surface area contributed by atoms with Crippen LogP contribution in [0.2, 0.25) is 0 Å². The number of aromatic nitrogens is 3. The van der Waals surface area contributed by atoms with E-state index in [4.69, 9.17) is 4.74 Å². The van der Waals surface area contributed by atoms with Crippen molar-refractivity contribution in [3.63, 3.8) is 0 Å². The van der Waals surface area contributed by atoms with Crippen LogP contribution in [0.5, 0.6) is 11.5 Å². The van der Waals surface area contributed by atoms with Crippen LogP contribution in [-0.4, -0.2) is 39.8 Å². The van der Waals surface area contributed by atoms with Crippen LogP contribution in [0.25, 0.3) is 17.1 Å². The van der Waals surface area contributed by atoms with Crippen molar-refractivity contribution in [3.8, 4) is 28.6 Å². The molecular weight excluding hydrogens is 450 g/mol. The molecule has 0 saturated heterocycles. The number of hydrazone groups is 1. The molecule has 0 fully saturated rings. The van der Waals surface area contributed by atoms with Gasteiger partial charge in [0.25, 0.3) is 11.7 Å². The number of ether oxygens (including phenoxy) is 1. The van der Waals surface area contributed by atoms with E-state index in [0.29, 0.717) is 10.9 Å². The Morgan fingerprint density at radius 3 is 2.59 bits per heavy atom. The normalized spacial score (nSPS) is 11.3. The highest BCUT2D eigenvalue weighted by Crippen LogP contribution is 2.22. The van der Waals surface area contributed by atoms with Gasteiger partial charge < -0.3 is 9.84 Å². The van der Waals surface area contributed by atoms with Gasteiger partial charge in [0.05, 0.1) is 29.2 Å². The molecule has 0 aliphatic carbocycles. The Morgan fingerprint density at radius 2 is 1.88 bits per heavy atom. The Kier molecular flexibility index (Phi) is 7.24. The van der Waals surface area contributed by atoms with Gasteiger partial charge in [0.1, 0.15) is 17.2 Å². The average molecular weight is 475 g/mol. The molecule has 4 rings (SSSR count). The Morgan fingerprint density at radius 1 is 1.12 bits per heavy atom. The van der Waals surface area contributed by atoms with E-state index in [9.17, 15) is 9.90 Å². The zero-order valence-corrected chi connectivity index (χ0v) is 19.5. The molecule has 0 saturated carbocycles. The zero-order chi connectivity index (χ0) is 23.9. The SMILES string of the molecule is COc1ccc(-c2[nH]nc(SCC(=O)N/N=C(/C)c3cccc(O)c3)[n+]2-c2ccccc2)cc1. The van der Waals surface area contributed by atoms with Gasteiger partial charge in [0.15, 0.2) is 0 Å². The van der Waals surface area contributed by atoms with Crippen molar-refractivity contribution in [1.82, 2.24) is 15.6 Å². The minimum Gasteiger partial charge on any atom is -0.508 e. The number of para-hydroxylation sites is 1. The van der Waals surface area contributed by atoms with Crippen LogP contribution in [0.1, 0.15) is 12.5 Å². The summed E-state index contributed by atoms with van der Waals surface area (Å²) in [6.45, 7) is 1.76. The number of H-pyrrole nitrogens is 1. The van der Waals surface area contributed by atoms with E-state index in [-0.39, 0.29) is 17.4 Å². The lowest BCUT2D eigenvalue weighted by Crippen LogP contribution is -2.34. The molecule has 0 aliphatic rings. The van der Waals surface area contributed by atoms with Gasteiger partial charge in [0, 0.05) is 5.56 Å². The topological polar surface area (TPSA) is 103 Å². The highest BCUT2D eigenvalue weighted by molar-refractivity contribution is 7.99. The van der Waals surface area contributed by atoms with Gasteiger partial charge in [-0.3, -0.25) is 4.79 Å². The summed E-state index contributed by atoms with van der Waals surface area (Å²) in [6.07, 6.45) is 0. The number of rotatable bonds is 8. The molecule has 0 aliphatic heterocycles. The van der Waals surface area contributed by atoms with Crippen molar-refractivity contribution in [1.29, 1.82) is 0 Å². The number of hydrogen-bond donors (Lipinski definition) is 3. The maximum absolute atomic E-state index is 12.5. The predicted octanol–water partition coefficient (Wildman–Crippen LogP) is 3.70. The van der Waals surface area contributed by atoms with Crippen molar-refractivity contribution in [2.75, 3.05) is 12.9 Å². The van der Waals surface area contributed by atoms with E-state index < -0.39 is 0 Å². The van der Waals surface area contributed by atoms with Crippen LogP contribution in [-0.2, 0) is 4.79 Å². The highest BCUT2D eigenvalue weighted by Gasteiger charge is 2.24. The molecule has 3 N–H and O–H groups in total. The van der Waals surface area contributed by atoms with Crippen molar-refractivity contribution < 1.29 is 19.2 Å². The summed E-state index contributed by atoms with van der Waals surface area (Å²) in [5.74, 6) is 1.55. The molecule has 34 heavy (non-hydrogen) atoms. The number of amides is 1. The lowest BCUT2D eigenvalue weighted by atomic mass is 10.1. The molecule has 4 aromatic rings. The molecule has 8 nitrogen and oxygen atoms in total. The lowest BCUT2D eigenvalue weighted by Gasteiger charge is -2.05. The zero-order valence-electron chi connectivity index (χ0n) is 18.7. The number of aromatic amines is 1.